The lowest BCUT2D eigenvalue weighted by molar-refractivity contribution is -0.146. The van der Waals surface area contributed by atoms with Crippen LogP contribution in [0.15, 0.2) is 0 Å². The highest BCUT2D eigenvalue weighted by Gasteiger charge is 2.42. The van der Waals surface area contributed by atoms with Gasteiger partial charge in [0.2, 0.25) is 0 Å². The minimum absolute atomic E-state index is 0.0158. The summed E-state index contributed by atoms with van der Waals surface area (Å²) in [5, 5.41) is 0. The Morgan fingerprint density at radius 2 is 2.11 bits per heavy atom. The molecule has 102 valence electrons. The monoisotopic (exact) mass is 251 g/mol. The van der Waals surface area contributed by atoms with Crippen molar-refractivity contribution in [2.75, 3.05) is 26.7 Å². The number of ether oxygens (including phenoxy) is 1. The van der Waals surface area contributed by atoms with Crippen molar-refractivity contribution in [3.05, 3.63) is 0 Å². The van der Waals surface area contributed by atoms with Gasteiger partial charge in [-0.3, -0.25) is 4.79 Å². The minimum Gasteiger partial charge on any atom is -0.469 e. The smallest absolute Gasteiger partial charge is 0.310 e. The van der Waals surface area contributed by atoms with Crippen molar-refractivity contribution in [1.82, 2.24) is 4.90 Å². The van der Waals surface area contributed by atoms with Crippen LogP contribution in [0, 0.1) is 29.6 Å². The maximum absolute atomic E-state index is 11.7. The lowest BCUT2D eigenvalue weighted by atomic mass is 9.88. The Bertz CT molecular complexity index is 330. The summed E-state index contributed by atoms with van der Waals surface area (Å²) in [6.07, 6.45) is 5.86. The first-order chi connectivity index (χ1) is 8.67. The predicted octanol–water partition coefficient (Wildman–Crippen LogP) is 2.16. The van der Waals surface area contributed by atoms with Gasteiger partial charge in [0, 0.05) is 19.6 Å². The summed E-state index contributed by atoms with van der Waals surface area (Å²) in [7, 11) is 1.51. The molecule has 0 aromatic heterocycles. The van der Waals surface area contributed by atoms with Crippen LogP contribution in [0.25, 0.3) is 0 Å². The van der Waals surface area contributed by atoms with Gasteiger partial charge in [0.05, 0.1) is 13.0 Å². The summed E-state index contributed by atoms with van der Waals surface area (Å²) in [5.41, 5.74) is 0. The van der Waals surface area contributed by atoms with Crippen LogP contribution in [-0.2, 0) is 9.53 Å². The fourth-order valence-corrected chi connectivity index (χ4v) is 4.61. The normalized spacial score (nSPS) is 43.6. The number of rotatable bonds is 3. The summed E-state index contributed by atoms with van der Waals surface area (Å²) in [5.74, 6) is 3.47. The van der Waals surface area contributed by atoms with E-state index in [1.54, 1.807) is 0 Å². The van der Waals surface area contributed by atoms with Gasteiger partial charge in [-0.15, -0.1) is 0 Å². The number of fused-ring (bicyclic) bond motifs is 2. The zero-order chi connectivity index (χ0) is 12.7. The molecule has 1 aliphatic heterocycles. The first-order valence-electron chi connectivity index (χ1n) is 7.47. The van der Waals surface area contributed by atoms with Gasteiger partial charge in [-0.05, 0) is 42.9 Å². The van der Waals surface area contributed by atoms with E-state index in [1.807, 2.05) is 0 Å². The predicted molar refractivity (Wildman–Crippen MR) is 70.0 cm³/mol. The highest BCUT2D eigenvalue weighted by molar-refractivity contribution is 5.73. The fourth-order valence-electron chi connectivity index (χ4n) is 4.61. The zero-order valence-corrected chi connectivity index (χ0v) is 11.6. The molecule has 0 N–H and O–H groups in total. The summed E-state index contributed by atoms with van der Waals surface area (Å²) in [6.45, 7) is 5.40. The van der Waals surface area contributed by atoms with Crippen molar-refractivity contribution in [2.45, 2.75) is 32.6 Å². The topological polar surface area (TPSA) is 29.5 Å². The number of likely N-dealkylation sites (tertiary alicyclic amines) is 1. The SMILES string of the molecule is COC(=O)C1CN(CC2CC3CCC2C3)CC1C. The molecule has 0 amide bonds. The van der Waals surface area contributed by atoms with Gasteiger partial charge in [-0.1, -0.05) is 13.3 Å². The average molecular weight is 251 g/mol. The van der Waals surface area contributed by atoms with Gasteiger partial charge in [0.1, 0.15) is 0 Å². The Kier molecular flexibility index (Phi) is 3.35. The minimum atomic E-state index is -0.0158. The number of hydrogen-bond donors (Lipinski definition) is 0. The maximum Gasteiger partial charge on any atom is 0.310 e. The Balaban J connectivity index is 1.54. The van der Waals surface area contributed by atoms with Gasteiger partial charge >= 0.3 is 5.97 Å². The molecule has 0 radical (unpaired) electrons. The quantitative estimate of drug-likeness (QED) is 0.720. The maximum atomic E-state index is 11.7. The molecule has 0 spiro atoms. The average Bonchev–Trinajstić information content (AvgIpc) is 3.04. The van der Waals surface area contributed by atoms with E-state index in [0.717, 1.165) is 30.8 Å². The highest BCUT2D eigenvalue weighted by atomic mass is 16.5. The molecule has 1 heterocycles. The van der Waals surface area contributed by atoms with E-state index in [2.05, 4.69) is 11.8 Å². The molecule has 5 unspecified atom stereocenters. The van der Waals surface area contributed by atoms with Gasteiger partial charge in [-0.2, -0.15) is 0 Å². The standard InChI is InChI=1S/C15H25NO2/c1-10-7-16(9-14(10)15(17)18-2)8-13-6-11-3-4-12(13)5-11/h10-14H,3-9H2,1-2H3. The number of nitrogens with zero attached hydrogens (tertiary/aromatic N) is 1. The largest absolute Gasteiger partial charge is 0.469 e. The number of esters is 1. The molecule has 3 heteroatoms. The van der Waals surface area contributed by atoms with E-state index in [0.29, 0.717) is 5.92 Å². The molecule has 0 aromatic rings. The summed E-state index contributed by atoms with van der Waals surface area (Å²) < 4.78 is 4.91. The van der Waals surface area contributed by atoms with Crippen LogP contribution < -0.4 is 0 Å². The van der Waals surface area contributed by atoms with Crippen molar-refractivity contribution < 1.29 is 9.53 Å². The lowest BCUT2D eigenvalue weighted by Gasteiger charge is -2.26. The van der Waals surface area contributed by atoms with E-state index in [1.165, 1.54) is 39.3 Å². The van der Waals surface area contributed by atoms with Crippen molar-refractivity contribution in [3.63, 3.8) is 0 Å². The third-order valence-electron chi connectivity index (χ3n) is 5.57. The van der Waals surface area contributed by atoms with Crippen LogP contribution in [-0.4, -0.2) is 37.6 Å². The molecule has 18 heavy (non-hydrogen) atoms. The summed E-state index contributed by atoms with van der Waals surface area (Å²) in [6, 6.07) is 0. The molecular formula is C15H25NO2. The van der Waals surface area contributed by atoms with Gasteiger partial charge in [-0.25, -0.2) is 0 Å². The number of carbonyl (C=O) groups is 1. The second-order valence-corrected chi connectivity index (χ2v) is 6.76. The molecule has 3 aliphatic rings. The second kappa shape index (κ2) is 4.84. The van der Waals surface area contributed by atoms with Crippen LogP contribution in [0.2, 0.25) is 0 Å². The first kappa shape index (κ1) is 12.5. The Morgan fingerprint density at radius 3 is 2.72 bits per heavy atom. The third-order valence-corrected chi connectivity index (χ3v) is 5.57. The van der Waals surface area contributed by atoms with E-state index in [4.69, 9.17) is 4.74 Å². The van der Waals surface area contributed by atoms with Crippen LogP contribution in [0.4, 0.5) is 0 Å². The van der Waals surface area contributed by atoms with Crippen LogP contribution in [0.5, 0.6) is 0 Å². The van der Waals surface area contributed by atoms with E-state index >= 15 is 0 Å². The summed E-state index contributed by atoms with van der Waals surface area (Å²) >= 11 is 0. The van der Waals surface area contributed by atoms with Crippen molar-refractivity contribution >= 4 is 5.97 Å². The number of hydrogen-bond acceptors (Lipinski definition) is 3. The number of methoxy groups -OCH3 is 1. The first-order valence-corrected chi connectivity index (χ1v) is 7.47. The molecule has 3 fully saturated rings. The van der Waals surface area contributed by atoms with E-state index in [-0.39, 0.29) is 11.9 Å². The van der Waals surface area contributed by atoms with Crippen LogP contribution in [0.3, 0.4) is 0 Å². The second-order valence-electron chi connectivity index (χ2n) is 6.76. The molecule has 5 atom stereocenters. The highest BCUT2D eigenvalue weighted by Crippen LogP contribution is 2.48. The van der Waals surface area contributed by atoms with E-state index < -0.39 is 0 Å². The Labute approximate surface area is 110 Å². The molecule has 0 aromatic carbocycles. The lowest BCUT2D eigenvalue weighted by Crippen LogP contribution is -2.31. The van der Waals surface area contributed by atoms with Crippen molar-refractivity contribution in [3.8, 4) is 0 Å². The van der Waals surface area contributed by atoms with Gasteiger partial charge in [0.25, 0.3) is 0 Å². The molecule has 3 nitrogen and oxygen atoms in total. The Hall–Kier alpha value is -0.570. The third kappa shape index (κ3) is 2.18. The molecule has 1 saturated heterocycles. The summed E-state index contributed by atoms with van der Waals surface area (Å²) in [4.78, 5) is 14.2. The molecule has 2 bridgehead atoms. The molecule has 2 saturated carbocycles. The van der Waals surface area contributed by atoms with E-state index in [9.17, 15) is 4.79 Å². The Morgan fingerprint density at radius 1 is 1.28 bits per heavy atom. The molecular weight excluding hydrogens is 226 g/mol. The fraction of sp³-hybridized carbons (Fsp3) is 0.933. The van der Waals surface area contributed by atoms with Crippen molar-refractivity contribution in [1.29, 1.82) is 0 Å². The molecule has 2 aliphatic carbocycles. The van der Waals surface area contributed by atoms with Crippen LogP contribution >= 0.6 is 0 Å². The van der Waals surface area contributed by atoms with Crippen molar-refractivity contribution in [2.24, 2.45) is 29.6 Å². The molecule has 3 rings (SSSR count). The van der Waals surface area contributed by atoms with Crippen LogP contribution in [0.1, 0.15) is 32.6 Å². The number of carbonyl (C=O) groups excluding carboxylic acids is 1. The van der Waals surface area contributed by atoms with Gasteiger partial charge in [0.15, 0.2) is 0 Å². The zero-order valence-electron chi connectivity index (χ0n) is 11.6. The van der Waals surface area contributed by atoms with Gasteiger partial charge < -0.3 is 9.64 Å².